The first-order valence-corrected chi connectivity index (χ1v) is 5.98. The first kappa shape index (κ1) is 10.0. The summed E-state index contributed by atoms with van der Waals surface area (Å²) in [6.07, 6.45) is 5.55. The van der Waals surface area contributed by atoms with Crippen molar-refractivity contribution in [2.45, 2.75) is 52.0 Å². The van der Waals surface area contributed by atoms with Crippen molar-refractivity contribution in [2.24, 2.45) is 11.8 Å². The Kier molecular flexibility index (Phi) is 2.80. The molecule has 0 radical (unpaired) electrons. The summed E-state index contributed by atoms with van der Waals surface area (Å²) < 4.78 is 0. The van der Waals surface area contributed by atoms with Crippen LogP contribution in [0.4, 0.5) is 0 Å². The molecule has 2 rings (SSSR count). The van der Waals surface area contributed by atoms with Gasteiger partial charge in [0.05, 0.1) is 0 Å². The van der Waals surface area contributed by atoms with Crippen LogP contribution < -0.4 is 0 Å². The fourth-order valence-electron chi connectivity index (χ4n) is 2.85. The van der Waals surface area contributed by atoms with Gasteiger partial charge in [0.25, 0.3) is 0 Å². The Morgan fingerprint density at radius 1 is 1.21 bits per heavy atom. The molecule has 0 saturated carbocycles. The minimum absolute atomic E-state index is 0.409. The van der Waals surface area contributed by atoms with E-state index >= 15 is 0 Å². The van der Waals surface area contributed by atoms with Crippen LogP contribution >= 0.6 is 0 Å². The summed E-state index contributed by atoms with van der Waals surface area (Å²) in [5.74, 6) is 1.92. The van der Waals surface area contributed by atoms with Crippen LogP contribution in [0, 0.1) is 11.8 Å². The second kappa shape index (κ2) is 3.92. The van der Waals surface area contributed by atoms with Crippen LogP contribution in [0.5, 0.6) is 0 Å². The van der Waals surface area contributed by atoms with E-state index in [1.807, 2.05) is 0 Å². The molecule has 2 heterocycles. The van der Waals surface area contributed by atoms with Crippen molar-refractivity contribution in [3.63, 3.8) is 0 Å². The van der Waals surface area contributed by atoms with E-state index in [9.17, 15) is 4.79 Å². The predicted molar refractivity (Wildman–Crippen MR) is 56.9 cm³/mol. The van der Waals surface area contributed by atoms with Crippen molar-refractivity contribution in [1.82, 2.24) is 4.90 Å². The van der Waals surface area contributed by atoms with Gasteiger partial charge in [-0.1, -0.05) is 13.8 Å². The zero-order valence-electron chi connectivity index (χ0n) is 9.33. The highest BCUT2D eigenvalue weighted by Crippen LogP contribution is 2.31. The number of rotatable bonds is 0. The van der Waals surface area contributed by atoms with Crippen molar-refractivity contribution >= 4 is 5.91 Å². The van der Waals surface area contributed by atoms with Crippen molar-refractivity contribution in [2.75, 3.05) is 6.54 Å². The van der Waals surface area contributed by atoms with Crippen LogP contribution in [0.15, 0.2) is 0 Å². The average Bonchev–Trinajstić information content (AvgIpc) is 2.60. The topological polar surface area (TPSA) is 20.3 Å². The molecular weight excluding hydrogens is 174 g/mol. The van der Waals surface area contributed by atoms with Crippen LogP contribution in [0.25, 0.3) is 0 Å². The Bertz CT molecular complexity index is 226. The molecule has 0 aliphatic carbocycles. The largest absolute Gasteiger partial charge is 0.340 e. The van der Waals surface area contributed by atoms with E-state index in [0.717, 1.165) is 31.2 Å². The van der Waals surface area contributed by atoms with Crippen molar-refractivity contribution in [3.05, 3.63) is 0 Å². The standard InChI is InChI=1S/C12H21NO/c1-9-5-6-12(14)13-7-3-4-11(13)8-10(9)2/h9-11H,3-8H2,1-2H3/t9-,10?,11?/m0/s1. The van der Waals surface area contributed by atoms with Crippen molar-refractivity contribution in [3.8, 4) is 0 Å². The lowest BCUT2D eigenvalue weighted by molar-refractivity contribution is -0.133. The number of carbonyl (C=O) groups excluding carboxylic acids is 1. The molecule has 2 aliphatic heterocycles. The van der Waals surface area contributed by atoms with Crippen LogP contribution in [-0.4, -0.2) is 23.4 Å². The Morgan fingerprint density at radius 3 is 2.79 bits per heavy atom. The number of hydrogen-bond donors (Lipinski definition) is 0. The van der Waals surface area contributed by atoms with E-state index in [2.05, 4.69) is 18.7 Å². The van der Waals surface area contributed by atoms with Gasteiger partial charge < -0.3 is 4.90 Å². The smallest absolute Gasteiger partial charge is 0.222 e. The van der Waals surface area contributed by atoms with E-state index < -0.39 is 0 Å². The summed E-state index contributed by atoms with van der Waals surface area (Å²) in [5, 5.41) is 0. The number of nitrogens with zero attached hydrogens (tertiary/aromatic N) is 1. The van der Waals surface area contributed by atoms with Crippen LogP contribution in [0.3, 0.4) is 0 Å². The third-order valence-corrected chi connectivity index (χ3v) is 4.13. The minimum atomic E-state index is 0.409. The first-order chi connectivity index (χ1) is 6.68. The summed E-state index contributed by atoms with van der Waals surface area (Å²) in [6.45, 7) is 5.66. The summed E-state index contributed by atoms with van der Waals surface area (Å²) in [5.41, 5.74) is 0. The number of amides is 1. The molecule has 0 bridgehead atoms. The van der Waals surface area contributed by atoms with E-state index in [1.165, 1.54) is 19.3 Å². The Labute approximate surface area is 86.7 Å². The van der Waals surface area contributed by atoms with Gasteiger partial charge in [-0.05, 0) is 37.5 Å². The molecule has 2 aliphatic rings. The molecule has 0 aromatic heterocycles. The first-order valence-electron chi connectivity index (χ1n) is 5.98. The second-order valence-corrected chi connectivity index (χ2v) is 5.11. The van der Waals surface area contributed by atoms with Crippen LogP contribution in [-0.2, 0) is 4.79 Å². The molecule has 2 fully saturated rings. The maximum atomic E-state index is 11.8. The number of hydrogen-bond acceptors (Lipinski definition) is 1. The van der Waals surface area contributed by atoms with Gasteiger partial charge in [0.1, 0.15) is 0 Å². The highest BCUT2D eigenvalue weighted by molar-refractivity contribution is 5.76. The zero-order valence-corrected chi connectivity index (χ0v) is 9.33. The SMILES string of the molecule is CC1CC2CCCN2C(=O)CC[C@@H]1C. The Morgan fingerprint density at radius 2 is 2.00 bits per heavy atom. The third kappa shape index (κ3) is 1.79. The van der Waals surface area contributed by atoms with E-state index in [-0.39, 0.29) is 0 Å². The van der Waals surface area contributed by atoms with Gasteiger partial charge >= 0.3 is 0 Å². The molecule has 2 heteroatoms. The summed E-state index contributed by atoms with van der Waals surface area (Å²) in [6, 6.07) is 0.570. The van der Waals surface area contributed by atoms with Gasteiger partial charge in [-0.15, -0.1) is 0 Å². The molecule has 3 atom stereocenters. The van der Waals surface area contributed by atoms with E-state index in [0.29, 0.717) is 11.9 Å². The molecule has 0 aromatic rings. The average molecular weight is 195 g/mol. The normalized spacial score (nSPS) is 39.1. The summed E-state index contributed by atoms with van der Waals surface area (Å²) >= 11 is 0. The molecule has 0 aromatic carbocycles. The molecule has 80 valence electrons. The zero-order chi connectivity index (χ0) is 10.1. The molecule has 1 amide bonds. The van der Waals surface area contributed by atoms with Gasteiger partial charge in [-0.3, -0.25) is 4.79 Å². The Balaban J connectivity index is 2.08. The van der Waals surface area contributed by atoms with Crippen LogP contribution in [0.1, 0.15) is 46.0 Å². The highest BCUT2D eigenvalue weighted by atomic mass is 16.2. The number of fused-ring (bicyclic) bond motifs is 1. The summed E-state index contributed by atoms with van der Waals surface area (Å²) in [4.78, 5) is 14.0. The third-order valence-electron chi connectivity index (χ3n) is 4.13. The van der Waals surface area contributed by atoms with Gasteiger partial charge in [0, 0.05) is 19.0 Å². The van der Waals surface area contributed by atoms with Crippen LogP contribution in [0.2, 0.25) is 0 Å². The fraction of sp³-hybridized carbons (Fsp3) is 0.917. The van der Waals surface area contributed by atoms with Crippen molar-refractivity contribution in [1.29, 1.82) is 0 Å². The van der Waals surface area contributed by atoms with E-state index in [1.54, 1.807) is 0 Å². The molecule has 2 nitrogen and oxygen atoms in total. The van der Waals surface area contributed by atoms with Gasteiger partial charge in [0.15, 0.2) is 0 Å². The van der Waals surface area contributed by atoms with Gasteiger partial charge in [-0.25, -0.2) is 0 Å². The highest BCUT2D eigenvalue weighted by Gasteiger charge is 2.32. The molecular formula is C12H21NO. The molecule has 2 saturated heterocycles. The fourth-order valence-corrected chi connectivity index (χ4v) is 2.85. The monoisotopic (exact) mass is 195 g/mol. The minimum Gasteiger partial charge on any atom is -0.340 e. The number of carbonyl (C=O) groups is 1. The van der Waals surface area contributed by atoms with Gasteiger partial charge in [-0.2, -0.15) is 0 Å². The van der Waals surface area contributed by atoms with Gasteiger partial charge in [0.2, 0.25) is 5.91 Å². The molecule has 0 spiro atoms. The lowest BCUT2D eigenvalue weighted by Gasteiger charge is -2.32. The maximum Gasteiger partial charge on any atom is 0.222 e. The quantitative estimate of drug-likeness (QED) is 0.581. The lowest BCUT2D eigenvalue weighted by atomic mass is 9.84. The molecule has 14 heavy (non-hydrogen) atoms. The van der Waals surface area contributed by atoms with E-state index in [4.69, 9.17) is 0 Å². The molecule has 2 unspecified atom stereocenters. The van der Waals surface area contributed by atoms with Crippen molar-refractivity contribution < 1.29 is 4.79 Å². The lowest BCUT2D eigenvalue weighted by Crippen LogP contribution is -2.39. The Hall–Kier alpha value is -0.530. The summed E-state index contributed by atoms with van der Waals surface area (Å²) in [7, 11) is 0. The second-order valence-electron chi connectivity index (χ2n) is 5.11. The predicted octanol–water partition coefficient (Wildman–Crippen LogP) is 2.43. The maximum absolute atomic E-state index is 11.8. The molecule has 0 N–H and O–H groups in total.